The first-order valence-corrected chi connectivity index (χ1v) is 9.73. The minimum Gasteiger partial charge on any atom is -0.451 e. The van der Waals surface area contributed by atoms with E-state index in [4.69, 9.17) is 4.74 Å². The molecule has 3 rings (SSSR count). The number of hydrogen-bond acceptors (Lipinski definition) is 6. The summed E-state index contributed by atoms with van der Waals surface area (Å²) in [4.78, 5) is 28.1. The molecule has 8 heteroatoms. The SMILES string of the molecule is O=C(C#CCNC(=O)c1ccc2cc([SH](=O)=O)ccc2n1)OCc1ccccc1. The second kappa shape index (κ2) is 9.48. The highest BCUT2D eigenvalue weighted by Gasteiger charge is 2.08. The Bertz CT molecular complexity index is 1190. The Balaban J connectivity index is 1.53. The molecule has 0 atom stereocenters. The fourth-order valence-electron chi connectivity index (χ4n) is 2.44. The van der Waals surface area contributed by atoms with Crippen molar-refractivity contribution in [1.29, 1.82) is 0 Å². The van der Waals surface area contributed by atoms with Gasteiger partial charge >= 0.3 is 5.97 Å². The fourth-order valence-corrected chi connectivity index (χ4v) is 2.88. The molecule has 0 aliphatic rings. The van der Waals surface area contributed by atoms with E-state index in [1.165, 1.54) is 24.3 Å². The van der Waals surface area contributed by atoms with Gasteiger partial charge in [-0.2, -0.15) is 0 Å². The Labute approximate surface area is 168 Å². The zero-order valence-electron chi connectivity index (χ0n) is 15.1. The lowest BCUT2D eigenvalue weighted by Gasteiger charge is -2.03. The van der Waals surface area contributed by atoms with E-state index in [2.05, 4.69) is 22.1 Å². The minimum atomic E-state index is -2.68. The second-order valence-corrected chi connectivity index (χ2v) is 6.91. The van der Waals surface area contributed by atoms with Crippen LogP contribution in [0.3, 0.4) is 0 Å². The van der Waals surface area contributed by atoms with E-state index in [0.29, 0.717) is 10.9 Å². The van der Waals surface area contributed by atoms with Gasteiger partial charge in [0.1, 0.15) is 12.3 Å². The average Bonchev–Trinajstić information content (AvgIpc) is 2.75. The highest BCUT2D eigenvalue weighted by molar-refractivity contribution is 7.72. The number of esters is 1. The number of amides is 1. The second-order valence-electron chi connectivity index (χ2n) is 5.88. The number of nitrogens with one attached hydrogen (secondary N) is 1. The van der Waals surface area contributed by atoms with Crippen LogP contribution >= 0.6 is 0 Å². The quantitative estimate of drug-likeness (QED) is 0.288. The van der Waals surface area contributed by atoms with Gasteiger partial charge in [0, 0.05) is 11.3 Å². The number of hydrogen-bond donors (Lipinski definition) is 2. The third-order valence-electron chi connectivity index (χ3n) is 3.86. The van der Waals surface area contributed by atoms with Crippen LogP contribution in [0.2, 0.25) is 0 Å². The van der Waals surface area contributed by atoms with Crippen molar-refractivity contribution in [3.8, 4) is 11.8 Å². The number of carbonyl (C=O) groups is 2. The molecule has 0 saturated heterocycles. The maximum absolute atomic E-state index is 12.2. The molecule has 0 saturated carbocycles. The van der Waals surface area contributed by atoms with Gasteiger partial charge in [0.2, 0.25) is 0 Å². The van der Waals surface area contributed by atoms with Crippen molar-refractivity contribution in [3.63, 3.8) is 0 Å². The molecule has 29 heavy (non-hydrogen) atoms. The van der Waals surface area contributed by atoms with E-state index < -0.39 is 22.6 Å². The van der Waals surface area contributed by atoms with Gasteiger partial charge in [-0.05, 0) is 29.8 Å². The molecule has 0 radical (unpaired) electrons. The zero-order valence-corrected chi connectivity index (χ0v) is 16.0. The van der Waals surface area contributed by atoms with Gasteiger partial charge in [-0.1, -0.05) is 42.3 Å². The predicted octanol–water partition coefficient (Wildman–Crippen LogP) is 1.68. The van der Waals surface area contributed by atoms with Crippen molar-refractivity contribution in [2.75, 3.05) is 6.54 Å². The molecule has 7 nitrogen and oxygen atoms in total. The highest BCUT2D eigenvalue weighted by Crippen LogP contribution is 2.15. The number of benzene rings is 2. The first kappa shape index (κ1) is 20.0. The molecule has 146 valence electrons. The molecule has 1 aromatic heterocycles. The standard InChI is InChI=1S/C21H16N2O5S/c24-20(28-14-15-5-2-1-3-6-15)7-4-12-22-21(25)19-10-8-16-13-17(29(26)27)9-11-18(16)23-19/h1-3,5-6,8-11,13,29H,12,14H2,(H,22,25). The summed E-state index contributed by atoms with van der Waals surface area (Å²) in [6.45, 7) is 0.0820. The molecule has 0 aliphatic heterocycles. The summed E-state index contributed by atoms with van der Waals surface area (Å²) in [6, 6.07) is 16.8. The minimum absolute atomic E-state index is 0.0470. The van der Waals surface area contributed by atoms with Crippen LogP contribution in [-0.2, 0) is 26.8 Å². The first-order chi connectivity index (χ1) is 14.0. The number of nitrogens with zero attached hydrogens (tertiary/aromatic N) is 1. The number of pyridine rings is 1. The highest BCUT2D eigenvalue weighted by atomic mass is 32.2. The Morgan fingerprint density at radius 3 is 2.59 bits per heavy atom. The van der Waals surface area contributed by atoms with Crippen LogP contribution in [0.1, 0.15) is 16.1 Å². The average molecular weight is 408 g/mol. The van der Waals surface area contributed by atoms with E-state index >= 15 is 0 Å². The maximum Gasteiger partial charge on any atom is 0.384 e. The van der Waals surface area contributed by atoms with Gasteiger partial charge in [0.05, 0.1) is 17.0 Å². The Kier molecular flexibility index (Phi) is 6.55. The monoisotopic (exact) mass is 408 g/mol. The molecular weight excluding hydrogens is 392 g/mol. The molecule has 2 aromatic carbocycles. The van der Waals surface area contributed by atoms with E-state index in [1.807, 2.05) is 30.3 Å². The van der Waals surface area contributed by atoms with Crippen molar-refractivity contribution in [2.24, 2.45) is 0 Å². The number of thiol groups is 1. The molecule has 0 aliphatic carbocycles. The molecular formula is C21H16N2O5S. The molecule has 0 bridgehead atoms. The van der Waals surface area contributed by atoms with Gasteiger partial charge < -0.3 is 10.1 Å². The number of fused-ring (bicyclic) bond motifs is 1. The lowest BCUT2D eigenvalue weighted by molar-refractivity contribution is -0.137. The summed E-state index contributed by atoms with van der Waals surface area (Å²) in [5, 5.41) is 3.15. The van der Waals surface area contributed by atoms with Gasteiger partial charge in [0.15, 0.2) is 10.7 Å². The third kappa shape index (κ3) is 5.64. The number of ether oxygens (including phenoxy) is 1. The van der Waals surface area contributed by atoms with Crippen LogP contribution in [0.15, 0.2) is 65.6 Å². The topological polar surface area (TPSA) is 102 Å². The molecule has 0 spiro atoms. The van der Waals surface area contributed by atoms with Crippen molar-refractivity contribution in [1.82, 2.24) is 10.3 Å². The summed E-state index contributed by atoms with van der Waals surface area (Å²) < 4.78 is 27.1. The molecule has 0 unspecified atom stereocenters. The van der Waals surface area contributed by atoms with Gasteiger partial charge in [-0.15, -0.1) is 0 Å². The molecule has 3 aromatic rings. The number of rotatable bonds is 5. The largest absolute Gasteiger partial charge is 0.451 e. The van der Waals surface area contributed by atoms with Crippen LogP contribution in [0, 0.1) is 11.8 Å². The van der Waals surface area contributed by atoms with Gasteiger partial charge in [0.25, 0.3) is 5.91 Å². The Hall–Kier alpha value is -3.70. The van der Waals surface area contributed by atoms with Crippen LogP contribution < -0.4 is 5.32 Å². The summed E-state index contributed by atoms with van der Waals surface area (Å²) in [5.74, 6) is 3.69. The predicted molar refractivity (Wildman–Crippen MR) is 107 cm³/mol. The molecule has 1 heterocycles. The normalized spacial score (nSPS) is 10.2. The third-order valence-corrected chi connectivity index (χ3v) is 4.56. The lowest BCUT2D eigenvalue weighted by Crippen LogP contribution is -2.24. The smallest absolute Gasteiger partial charge is 0.384 e. The van der Waals surface area contributed by atoms with E-state index in [1.54, 1.807) is 6.07 Å². The molecule has 0 fully saturated rings. The van der Waals surface area contributed by atoms with Crippen molar-refractivity contribution >= 4 is 33.5 Å². The Morgan fingerprint density at radius 1 is 1.03 bits per heavy atom. The summed E-state index contributed by atoms with van der Waals surface area (Å²) in [7, 11) is -2.68. The summed E-state index contributed by atoms with van der Waals surface area (Å²) >= 11 is 0. The van der Waals surface area contributed by atoms with Crippen LogP contribution in [0.5, 0.6) is 0 Å². The Morgan fingerprint density at radius 2 is 1.83 bits per heavy atom. The maximum atomic E-state index is 12.2. The van der Waals surface area contributed by atoms with Crippen molar-refractivity contribution in [3.05, 3.63) is 71.9 Å². The van der Waals surface area contributed by atoms with E-state index in [9.17, 15) is 18.0 Å². The van der Waals surface area contributed by atoms with E-state index in [-0.39, 0.29) is 23.7 Å². The first-order valence-electron chi connectivity index (χ1n) is 8.56. The van der Waals surface area contributed by atoms with Crippen molar-refractivity contribution in [2.45, 2.75) is 11.5 Å². The van der Waals surface area contributed by atoms with Crippen LogP contribution in [-0.4, -0.2) is 31.8 Å². The lowest BCUT2D eigenvalue weighted by atomic mass is 10.2. The van der Waals surface area contributed by atoms with Gasteiger partial charge in [-0.25, -0.2) is 18.2 Å². The van der Waals surface area contributed by atoms with Gasteiger partial charge in [-0.3, -0.25) is 4.79 Å². The van der Waals surface area contributed by atoms with Crippen LogP contribution in [0.25, 0.3) is 10.9 Å². The summed E-state index contributed by atoms with van der Waals surface area (Å²) in [6.07, 6.45) is 0. The molecule has 1 N–H and O–H groups in total. The number of aromatic nitrogens is 1. The van der Waals surface area contributed by atoms with Crippen molar-refractivity contribution < 1.29 is 22.7 Å². The van der Waals surface area contributed by atoms with Crippen LogP contribution in [0.4, 0.5) is 0 Å². The van der Waals surface area contributed by atoms with E-state index in [0.717, 1.165) is 5.56 Å². The molecule has 1 amide bonds. The number of carbonyl (C=O) groups excluding carboxylic acids is 2. The summed E-state index contributed by atoms with van der Waals surface area (Å²) in [5.41, 5.74) is 1.51. The zero-order chi connectivity index (χ0) is 20.6. The fraction of sp³-hybridized carbons (Fsp3) is 0.0952.